The summed E-state index contributed by atoms with van der Waals surface area (Å²) in [5.74, 6) is 1.11. The van der Waals surface area contributed by atoms with E-state index in [1.807, 2.05) is 30.3 Å². The summed E-state index contributed by atoms with van der Waals surface area (Å²) in [5, 5.41) is 8.53. The summed E-state index contributed by atoms with van der Waals surface area (Å²) in [6.45, 7) is 2.67. The fourth-order valence-corrected chi connectivity index (χ4v) is 4.56. The largest absolute Gasteiger partial charge is 0.367 e. The Balaban J connectivity index is 1.72. The maximum atomic E-state index is 12.2. The molecule has 1 atom stereocenters. The Labute approximate surface area is 171 Å². The highest BCUT2D eigenvalue weighted by Gasteiger charge is 2.24. The second-order valence-electron chi connectivity index (χ2n) is 7.98. The second-order valence-corrected chi connectivity index (χ2v) is 9.89. The molecule has 29 heavy (non-hydrogen) atoms. The number of anilines is 1. The van der Waals surface area contributed by atoms with E-state index in [1.165, 1.54) is 32.1 Å². The van der Waals surface area contributed by atoms with Crippen LogP contribution >= 0.6 is 0 Å². The van der Waals surface area contributed by atoms with E-state index >= 15 is 0 Å². The summed E-state index contributed by atoms with van der Waals surface area (Å²) in [5.41, 5.74) is 1.60. The van der Waals surface area contributed by atoms with Crippen molar-refractivity contribution in [2.45, 2.75) is 56.8 Å². The molecule has 0 amide bonds. The number of sulfone groups is 1. The number of rotatable bonds is 6. The fourth-order valence-electron chi connectivity index (χ4n) is 4.05. The van der Waals surface area contributed by atoms with Gasteiger partial charge in [-0.3, -0.25) is 0 Å². The molecule has 1 unspecified atom stereocenters. The van der Waals surface area contributed by atoms with Crippen LogP contribution in [-0.4, -0.2) is 40.5 Å². The van der Waals surface area contributed by atoms with E-state index in [9.17, 15) is 8.42 Å². The lowest BCUT2D eigenvalue weighted by Gasteiger charge is -2.28. The third kappa shape index (κ3) is 4.42. The molecule has 1 fully saturated rings. The van der Waals surface area contributed by atoms with Gasteiger partial charge in [0.05, 0.1) is 18.1 Å². The standard InChI is InChI=1S/C21H27N5O2S/c1-15(17-11-7-4-8-12-17)23-19-18-13-22-26(14-16-9-5-3-6-10-16)20(18)25-21(24-19)29(2,27)28/h3,5-6,9-10,13,15,17H,4,7-8,11-12,14H2,1-2H3,(H,23,24,25). The van der Waals surface area contributed by atoms with Crippen molar-refractivity contribution in [1.82, 2.24) is 19.7 Å². The summed E-state index contributed by atoms with van der Waals surface area (Å²) >= 11 is 0. The highest BCUT2D eigenvalue weighted by molar-refractivity contribution is 7.90. The lowest BCUT2D eigenvalue weighted by molar-refractivity contribution is 0.328. The van der Waals surface area contributed by atoms with Crippen LogP contribution in [0.4, 0.5) is 5.82 Å². The van der Waals surface area contributed by atoms with E-state index in [2.05, 4.69) is 27.3 Å². The molecular formula is C21H27N5O2S. The predicted molar refractivity (Wildman–Crippen MR) is 114 cm³/mol. The summed E-state index contributed by atoms with van der Waals surface area (Å²) in [6, 6.07) is 10.1. The zero-order valence-electron chi connectivity index (χ0n) is 16.9. The normalized spacial score (nSPS) is 16.8. The average molecular weight is 414 g/mol. The fraction of sp³-hybridized carbons (Fsp3) is 0.476. The Morgan fingerprint density at radius 1 is 1.14 bits per heavy atom. The molecule has 2 heterocycles. The van der Waals surface area contributed by atoms with E-state index < -0.39 is 9.84 Å². The third-order valence-corrected chi connectivity index (χ3v) is 6.55. The highest BCUT2D eigenvalue weighted by Crippen LogP contribution is 2.30. The zero-order valence-corrected chi connectivity index (χ0v) is 17.7. The van der Waals surface area contributed by atoms with Gasteiger partial charge in [-0.1, -0.05) is 49.6 Å². The Morgan fingerprint density at radius 2 is 1.86 bits per heavy atom. The molecule has 0 radical (unpaired) electrons. The number of nitrogens with zero attached hydrogens (tertiary/aromatic N) is 4. The Kier molecular flexibility index (Phi) is 5.54. The second kappa shape index (κ2) is 8.10. The molecule has 1 aliphatic carbocycles. The first-order valence-corrected chi connectivity index (χ1v) is 12.0. The number of aromatic nitrogens is 4. The molecule has 0 spiro atoms. The van der Waals surface area contributed by atoms with Crippen molar-refractivity contribution in [3.63, 3.8) is 0 Å². The summed E-state index contributed by atoms with van der Waals surface area (Å²) < 4.78 is 26.2. The number of benzene rings is 1. The van der Waals surface area contributed by atoms with Crippen LogP contribution in [0.25, 0.3) is 11.0 Å². The quantitative estimate of drug-likeness (QED) is 0.620. The van der Waals surface area contributed by atoms with Gasteiger partial charge in [-0.15, -0.1) is 0 Å². The van der Waals surface area contributed by atoms with Crippen molar-refractivity contribution in [1.29, 1.82) is 0 Å². The molecule has 1 N–H and O–H groups in total. The van der Waals surface area contributed by atoms with Gasteiger partial charge >= 0.3 is 0 Å². The first kappa shape index (κ1) is 19.8. The molecule has 0 aliphatic heterocycles. The van der Waals surface area contributed by atoms with Gasteiger partial charge in [0.15, 0.2) is 5.65 Å². The van der Waals surface area contributed by atoms with Gasteiger partial charge in [0.25, 0.3) is 5.16 Å². The van der Waals surface area contributed by atoms with Gasteiger partial charge in [-0.25, -0.2) is 18.1 Å². The van der Waals surface area contributed by atoms with Gasteiger partial charge in [-0.05, 0) is 31.2 Å². The van der Waals surface area contributed by atoms with E-state index in [0.717, 1.165) is 17.2 Å². The van der Waals surface area contributed by atoms with Crippen LogP contribution in [0.3, 0.4) is 0 Å². The number of fused-ring (bicyclic) bond motifs is 1. The smallest absolute Gasteiger partial charge is 0.250 e. The molecule has 154 valence electrons. The van der Waals surface area contributed by atoms with Gasteiger partial charge in [0.1, 0.15) is 5.82 Å². The Bertz CT molecular complexity index is 1090. The maximum Gasteiger partial charge on any atom is 0.250 e. The minimum Gasteiger partial charge on any atom is -0.367 e. The first-order chi connectivity index (χ1) is 13.9. The van der Waals surface area contributed by atoms with Gasteiger partial charge in [0.2, 0.25) is 9.84 Å². The van der Waals surface area contributed by atoms with E-state index in [4.69, 9.17) is 0 Å². The van der Waals surface area contributed by atoms with E-state index in [-0.39, 0.29) is 11.2 Å². The molecule has 8 heteroatoms. The molecule has 3 aromatic rings. The molecule has 1 aliphatic rings. The topological polar surface area (TPSA) is 89.8 Å². The van der Waals surface area contributed by atoms with Crippen molar-refractivity contribution in [3.8, 4) is 0 Å². The third-order valence-electron chi connectivity index (χ3n) is 5.70. The Hall–Kier alpha value is -2.48. The zero-order chi connectivity index (χ0) is 20.4. The van der Waals surface area contributed by atoms with Crippen LogP contribution in [0.15, 0.2) is 41.7 Å². The van der Waals surface area contributed by atoms with Crippen LogP contribution in [-0.2, 0) is 16.4 Å². The number of nitrogens with one attached hydrogen (secondary N) is 1. The molecule has 1 aromatic carbocycles. The van der Waals surface area contributed by atoms with Crippen LogP contribution < -0.4 is 5.32 Å². The van der Waals surface area contributed by atoms with Crippen molar-refractivity contribution >= 4 is 26.7 Å². The van der Waals surface area contributed by atoms with Crippen molar-refractivity contribution in [3.05, 3.63) is 42.1 Å². The minimum absolute atomic E-state index is 0.168. The first-order valence-electron chi connectivity index (χ1n) is 10.2. The van der Waals surface area contributed by atoms with Gasteiger partial charge in [0, 0.05) is 12.3 Å². The lowest BCUT2D eigenvalue weighted by atomic mass is 9.84. The van der Waals surface area contributed by atoms with Crippen molar-refractivity contribution in [2.75, 3.05) is 11.6 Å². The van der Waals surface area contributed by atoms with Crippen LogP contribution in [0.5, 0.6) is 0 Å². The molecule has 0 bridgehead atoms. The maximum absolute atomic E-state index is 12.2. The molecule has 7 nitrogen and oxygen atoms in total. The average Bonchev–Trinajstić information content (AvgIpc) is 3.12. The van der Waals surface area contributed by atoms with Gasteiger partial charge < -0.3 is 5.32 Å². The van der Waals surface area contributed by atoms with E-state index in [1.54, 1.807) is 10.9 Å². The summed E-state index contributed by atoms with van der Waals surface area (Å²) in [6.07, 6.45) is 9.04. The Morgan fingerprint density at radius 3 is 2.55 bits per heavy atom. The minimum atomic E-state index is -3.55. The molecule has 0 saturated heterocycles. The van der Waals surface area contributed by atoms with E-state index in [0.29, 0.717) is 23.9 Å². The highest BCUT2D eigenvalue weighted by atomic mass is 32.2. The number of hydrogen-bond acceptors (Lipinski definition) is 6. The van der Waals surface area contributed by atoms with Crippen molar-refractivity contribution < 1.29 is 8.42 Å². The molecule has 2 aromatic heterocycles. The molecular weight excluding hydrogens is 386 g/mol. The van der Waals surface area contributed by atoms with Crippen molar-refractivity contribution in [2.24, 2.45) is 5.92 Å². The van der Waals surface area contributed by atoms with Crippen LogP contribution in [0.1, 0.15) is 44.6 Å². The monoisotopic (exact) mass is 413 g/mol. The van der Waals surface area contributed by atoms with Crippen LogP contribution in [0, 0.1) is 5.92 Å². The molecule has 4 rings (SSSR count). The SMILES string of the molecule is CC(Nc1nc(S(C)(=O)=O)nc2c1cnn2Cc1ccccc1)C1CCCCC1. The summed E-state index contributed by atoms with van der Waals surface area (Å²) in [7, 11) is -3.55. The predicted octanol–water partition coefficient (Wildman–Crippen LogP) is 3.66. The van der Waals surface area contributed by atoms with Gasteiger partial charge in [-0.2, -0.15) is 10.1 Å². The lowest BCUT2D eigenvalue weighted by Crippen LogP contribution is -2.28. The summed E-state index contributed by atoms with van der Waals surface area (Å²) in [4.78, 5) is 8.71. The number of hydrogen-bond donors (Lipinski definition) is 1. The molecule has 1 saturated carbocycles. The van der Waals surface area contributed by atoms with Crippen LogP contribution in [0.2, 0.25) is 0 Å².